The molecule has 0 bridgehead atoms. The summed E-state index contributed by atoms with van der Waals surface area (Å²) in [6, 6.07) is 9.65. The normalized spacial score (nSPS) is 20.4. The quantitative estimate of drug-likeness (QED) is 0.770. The van der Waals surface area contributed by atoms with Gasteiger partial charge in [0.2, 0.25) is 11.8 Å². The Bertz CT molecular complexity index is 728. The summed E-state index contributed by atoms with van der Waals surface area (Å²) in [5.41, 5.74) is 1.01. The Hall–Kier alpha value is -2.70. The molecule has 126 valence electrons. The van der Waals surface area contributed by atoms with Gasteiger partial charge in [-0.15, -0.1) is 0 Å². The van der Waals surface area contributed by atoms with Crippen molar-refractivity contribution >= 4 is 11.9 Å². The van der Waals surface area contributed by atoms with Crippen molar-refractivity contribution in [2.45, 2.75) is 19.9 Å². The molecule has 0 saturated carbocycles. The lowest BCUT2D eigenvalue weighted by atomic mass is 9.89. The van der Waals surface area contributed by atoms with Gasteiger partial charge in [-0.2, -0.15) is 4.98 Å². The molecule has 0 aliphatic carbocycles. The molecule has 0 unspecified atom stereocenters. The van der Waals surface area contributed by atoms with Gasteiger partial charge >= 0.3 is 5.97 Å². The minimum atomic E-state index is -0.494. The Labute approximate surface area is 139 Å². The molecular formula is C17H19N3O4. The molecule has 1 aromatic heterocycles. The zero-order chi connectivity index (χ0) is 17.1. The Kier molecular flexibility index (Phi) is 4.59. The number of rotatable bonds is 5. The number of likely N-dealkylation sites (tertiary alicyclic amines) is 1. The molecule has 1 amide bonds. The zero-order valence-corrected chi connectivity index (χ0v) is 13.6. The van der Waals surface area contributed by atoms with Gasteiger partial charge < -0.3 is 14.2 Å². The van der Waals surface area contributed by atoms with Crippen LogP contribution in [0.3, 0.4) is 0 Å². The number of aryl methyl sites for hydroxylation is 1. The molecule has 0 N–H and O–H groups in total. The molecule has 1 aliphatic heterocycles. The van der Waals surface area contributed by atoms with E-state index in [-0.39, 0.29) is 18.4 Å². The third kappa shape index (κ3) is 3.29. The lowest BCUT2D eigenvalue weighted by Crippen LogP contribution is -2.28. The first-order chi connectivity index (χ1) is 11.6. The minimum absolute atomic E-state index is 0.0925. The molecule has 24 heavy (non-hydrogen) atoms. The summed E-state index contributed by atoms with van der Waals surface area (Å²) < 4.78 is 9.96. The fourth-order valence-electron chi connectivity index (χ4n) is 3.06. The van der Waals surface area contributed by atoms with Crippen LogP contribution in [-0.4, -0.2) is 40.6 Å². The number of ether oxygens (including phenoxy) is 1. The standard InChI is InChI=1S/C17H19N3O4/c1-11-18-15(24-19-11)10-20-9-14(17(22)23-2)13(16(20)21)8-12-6-4-3-5-7-12/h3-7,13-14H,8-10H2,1-2H3/t13-,14+/m1/s1. The SMILES string of the molecule is COC(=O)[C@H]1CN(Cc2nc(C)no2)C(=O)[C@@H]1Cc1ccccc1. The van der Waals surface area contributed by atoms with E-state index >= 15 is 0 Å². The van der Waals surface area contributed by atoms with Gasteiger partial charge in [0.25, 0.3) is 0 Å². The Morgan fingerprint density at radius 3 is 2.75 bits per heavy atom. The van der Waals surface area contributed by atoms with Crippen molar-refractivity contribution < 1.29 is 18.8 Å². The molecule has 1 aromatic carbocycles. The van der Waals surface area contributed by atoms with Crippen LogP contribution < -0.4 is 0 Å². The van der Waals surface area contributed by atoms with E-state index in [1.54, 1.807) is 11.8 Å². The van der Waals surface area contributed by atoms with Gasteiger partial charge in [0.05, 0.1) is 18.9 Å². The number of aromatic nitrogens is 2. The Balaban J connectivity index is 1.79. The maximum Gasteiger partial charge on any atom is 0.311 e. The third-order valence-electron chi connectivity index (χ3n) is 4.23. The number of amides is 1. The second-order valence-corrected chi connectivity index (χ2v) is 5.88. The number of carbonyl (C=O) groups excluding carboxylic acids is 2. The number of methoxy groups -OCH3 is 1. The highest BCUT2D eigenvalue weighted by molar-refractivity contribution is 5.89. The van der Waals surface area contributed by atoms with E-state index in [1.165, 1.54) is 7.11 Å². The molecule has 1 aliphatic rings. The predicted molar refractivity (Wildman–Crippen MR) is 83.6 cm³/mol. The van der Waals surface area contributed by atoms with Crippen LogP contribution in [0.2, 0.25) is 0 Å². The van der Waals surface area contributed by atoms with Crippen LogP contribution in [0.4, 0.5) is 0 Å². The number of benzene rings is 1. The van der Waals surface area contributed by atoms with E-state index in [4.69, 9.17) is 9.26 Å². The molecule has 2 atom stereocenters. The second kappa shape index (κ2) is 6.82. The number of esters is 1. The molecule has 0 spiro atoms. The van der Waals surface area contributed by atoms with Gasteiger partial charge in [0.1, 0.15) is 6.54 Å². The first kappa shape index (κ1) is 16.2. The molecule has 3 rings (SSSR count). The van der Waals surface area contributed by atoms with Crippen molar-refractivity contribution in [2.75, 3.05) is 13.7 Å². The number of carbonyl (C=O) groups is 2. The summed E-state index contributed by atoms with van der Waals surface area (Å²) in [5.74, 6) is -0.513. The maximum atomic E-state index is 12.8. The molecule has 7 nitrogen and oxygen atoms in total. The number of hydrogen-bond acceptors (Lipinski definition) is 6. The van der Waals surface area contributed by atoms with Gasteiger partial charge in [-0.1, -0.05) is 35.5 Å². The van der Waals surface area contributed by atoms with Gasteiger partial charge in [-0.05, 0) is 18.9 Å². The van der Waals surface area contributed by atoms with Crippen LogP contribution in [0.1, 0.15) is 17.3 Å². The fraction of sp³-hybridized carbons (Fsp3) is 0.412. The Morgan fingerprint density at radius 1 is 1.38 bits per heavy atom. The second-order valence-electron chi connectivity index (χ2n) is 5.88. The first-order valence-electron chi connectivity index (χ1n) is 7.78. The van der Waals surface area contributed by atoms with Crippen LogP contribution in [0.15, 0.2) is 34.9 Å². The van der Waals surface area contributed by atoms with E-state index in [1.807, 2.05) is 30.3 Å². The summed E-state index contributed by atoms with van der Waals surface area (Å²) in [4.78, 5) is 30.6. The predicted octanol–water partition coefficient (Wildman–Crippen LogP) is 1.37. The smallest absolute Gasteiger partial charge is 0.311 e. The van der Waals surface area contributed by atoms with Crippen LogP contribution in [0, 0.1) is 18.8 Å². The van der Waals surface area contributed by atoms with Gasteiger partial charge in [0, 0.05) is 6.54 Å². The molecule has 1 saturated heterocycles. The van der Waals surface area contributed by atoms with Crippen molar-refractivity contribution in [1.82, 2.24) is 15.0 Å². The topological polar surface area (TPSA) is 85.5 Å². The zero-order valence-electron chi connectivity index (χ0n) is 13.6. The lowest BCUT2D eigenvalue weighted by molar-refractivity contribution is -0.147. The van der Waals surface area contributed by atoms with E-state index in [2.05, 4.69) is 10.1 Å². The van der Waals surface area contributed by atoms with E-state index in [0.29, 0.717) is 24.7 Å². The van der Waals surface area contributed by atoms with Gasteiger partial charge in [-0.3, -0.25) is 9.59 Å². The minimum Gasteiger partial charge on any atom is -0.469 e. The largest absolute Gasteiger partial charge is 0.469 e. The monoisotopic (exact) mass is 329 g/mol. The van der Waals surface area contributed by atoms with Crippen LogP contribution in [0.5, 0.6) is 0 Å². The highest BCUT2D eigenvalue weighted by atomic mass is 16.5. The molecule has 0 radical (unpaired) electrons. The molecule has 2 aromatic rings. The van der Waals surface area contributed by atoms with E-state index < -0.39 is 11.8 Å². The van der Waals surface area contributed by atoms with Crippen LogP contribution >= 0.6 is 0 Å². The highest BCUT2D eigenvalue weighted by Crippen LogP contribution is 2.30. The third-order valence-corrected chi connectivity index (χ3v) is 4.23. The van der Waals surface area contributed by atoms with Crippen molar-refractivity contribution in [3.8, 4) is 0 Å². The lowest BCUT2D eigenvalue weighted by Gasteiger charge is -2.14. The number of nitrogens with zero attached hydrogens (tertiary/aromatic N) is 3. The van der Waals surface area contributed by atoms with Gasteiger partial charge in [-0.25, -0.2) is 0 Å². The van der Waals surface area contributed by atoms with Crippen molar-refractivity contribution in [3.05, 3.63) is 47.6 Å². The maximum absolute atomic E-state index is 12.8. The average Bonchev–Trinajstić information content (AvgIpc) is 3.13. The molecule has 1 fully saturated rings. The fourth-order valence-corrected chi connectivity index (χ4v) is 3.06. The van der Waals surface area contributed by atoms with Crippen molar-refractivity contribution in [1.29, 1.82) is 0 Å². The Morgan fingerprint density at radius 2 is 2.12 bits per heavy atom. The number of hydrogen-bond donors (Lipinski definition) is 0. The highest BCUT2D eigenvalue weighted by Gasteiger charge is 2.45. The summed E-state index contributed by atoms with van der Waals surface area (Å²) in [6.45, 7) is 2.22. The average molecular weight is 329 g/mol. The van der Waals surface area contributed by atoms with Crippen LogP contribution in [0.25, 0.3) is 0 Å². The van der Waals surface area contributed by atoms with Crippen molar-refractivity contribution in [3.63, 3.8) is 0 Å². The summed E-state index contributed by atoms with van der Waals surface area (Å²) >= 11 is 0. The molecule has 7 heteroatoms. The molecule has 2 heterocycles. The first-order valence-corrected chi connectivity index (χ1v) is 7.78. The van der Waals surface area contributed by atoms with E-state index in [9.17, 15) is 9.59 Å². The van der Waals surface area contributed by atoms with E-state index in [0.717, 1.165) is 5.56 Å². The molecular weight excluding hydrogens is 310 g/mol. The summed E-state index contributed by atoms with van der Waals surface area (Å²) in [7, 11) is 1.34. The van der Waals surface area contributed by atoms with Crippen LogP contribution in [-0.2, 0) is 27.3 Å². The van der Waals surface area contributed by atoms with Gasteiger partial charge in [0.15, 0.2) is 5.82 Å². The van der Waals surface area contributed by atoms with Crippen molar-refractivity contribution in [2.24, 2.45) is 11.8 Å². The summed E-state index contributed by atoms with van der Waals surface area (Å²) in [5, 5.41) is 3.73. The summed E-state index contributed by atoms with van der Waals surface area (Å²) in [6.07, 6.45) is 0.499.